The third-order valence-corrected chi connectivity index (χ3v) is 3.02. The number of hydrogen-bond donors (Lipinski definition) is 0. The first-order chi connectivity index (χ1) is 6.38. The van der Waals surface area contributed by atoms with E-state index in [0.29, 0.717) is 4.47 Å². The van der Waals surface area contributed by atoms with Crippen LogP contribution < -0.4 is 0 Å². The second kappa shape index (κ2) is 4.29. The van der Waals surface area contributed by atoms with Crippen LogP contribution in [0.2, 0.25) is 19.6 Å². The Morgan fingerprint density at radius 1 is 1.29 bits per heavy atom. The van der Waals surface area contributed by atoms with Gasteiger partial charge in [0.25, 0.3) is 0 Å². The molecule has 0 atom stereocenters. The van der Waals surface area contributed by atoms with Gasteiger partial charge in [0.1, 0.15) is 13.9 Å². The fourth-order valence-electron chi connectivity index (χ4n) is 0.834. The van der Waals surface area contributed by atoms with Crippen LogP contribution in [0.1, 0.15) is 5.56 Å². The van der Waals surface area contributed by atoms with Crippen molar-refractivity contribution in [1.29, 1.82) is 0 Å². The normalized spacial score (nSPS) is 10.6. The van der Waals surface area contributed by atoms with Crippen molar-refractivity contribution >= 4 is 24.0 Å². The van der Waals surface area contributed by atoms with E-state index in [1.807, 2.05) is 6.07 Å². The molecule has 14 heavy (non-hydrogen) atoms. The predicted octanol–water partition coefficient (Wildman–Crippen LogP) is 3.82. The van der Waals surface area contributed by atoms with E-state index >= 15 is 0 Å². The van der Waals surface area contributed by atoms with Crippen LogP contribution in [0.5, 0.6) is 0 Å². The molecule has 0 radical (unpaired) electrons. The van der Waals surface area contributed by atoms with Crippen molar-refractivity contribution < 1.29 is 4.39 Å². The lowest BCUT2D eigenvalue weighted by molar-refractivity contribution is 0.621. The van der Waals surface area contributed by atoms with E-state index in [4.69, 9.17) is 0 Å². The summed E-state index contributed by atoms with van der Waals surface area (Å²) < 4.78 is 13.6. The fourth-order valence-corrected chi connectivity index (χ4v) is 1.60. The first kappa shape index (κ1) is 11.5. The molecule has 3 heteroatoms. The van der Waals surface area contributed by atoms with Gasteiger partial charge in [-0.25, -0.2) is 4.39 Å². The molecule has 1 rings (SSSR count). The van der Waals surface area contributed by atoms with Crippen LogP contribution in [0.3, 0.4) is 0 Å². The van der Waals surface area contributed by atoms with Crippen LogP contribution >= 0.6 is 15.9 Å². The molecule has 0 bridgehead atoms. The van der Waals surface area contributed by atoms with Crippen molar-refractivity contribution in [1.82, 2.24) is 0 Å². The lowest BCUT2D eigenvalue weighted by Crippen LogP contribution is -2.16. The molecule has 0 unspecified atom stereocenters. The highest BCUT2D eigenvalue weighted by atomic mass is 79.9. The van der Waals surface area contributed by atoms with E-state index in [0.717, 1.165) is 5.56 Å². The van der Waals surface area contributed by atoms with Gasteiger partial charge < -0.3 is 0 Å². The predicted molar refractivity (Wildman–Crippen MR) is 64.3 cm³/mol. The molecule has 74 valence electrons. The highest BCUT2D eigenvalue weighted by Crippen LogP contribution is 2.15. The molecule has 0 nitrogen and oxygen atoms in total. The zero-order chi connectivity index (χ0) is 10.8. The molecule has 0 saturated heterocycles. The molecule has 1 aromatic rings. The Morgan fingerprint density at radius 2 is 1.93 bits per heavy atom. The van der Waals surface area contributed by atoms with Crippen molar-refractivity contribution in [2.75, 3.05) is 0 Å². The van der Waals surface area contributed by atoms with E-state index in [-0.39, 0.29) is 5.82 Å². The van der Waals surface area contributed by atoms with Crippen LogP contribution in [0.15, 0.2) is 22.7 Å². The third-order valence-electron chi connectivity index (χ3n) is 1.50. The van der Waals surface area contributed by atoms with Gasteiger partial charge in [0, 0.05) is 5.56 Å². The Morgan fingerprint density at radius 3 is 2.43 bits per heavy atom. The van der Waals surface area contributed by atoms with Crippen LogP contribution in [-0.4, -0.2) is 8.07 Å². The topological polar surface area (TPSA) is 0 Å². The number of benzene rings is 1. The van der Waals surface area contributed by atoms with Gasteiger partial charge in [-0.3, -0.25) is 0 Å². The maximum Gasteiger partial charge on any atom is 0.138 e. The van der Waals surface area contributed by atoms with E-state index in [1.165, 1.54) is 6.07 Å². The summed E-state index contributed by atoms with van der Waals surface area (Å²) >= 11 is 3.11. The minimum Gasteiger partial charge on any atom is -0.206 e. The summed E-state index contributed by atoms with van der Waals surface area (Å²) in [5, 5.41) is 0. The highest BCUT2D eigenvalue weighted by molar-refractivity contribution is 9.10. The van der Waals surface area contributed by atoms with Gasteiger partial charge in [0.2, 0.25) is 0 Å². The lowest BCUT2D eigenvalue weighted by Gasteiger charge is -2.03. The van der Waals surface area contributed by atoms with Crippen molar-refractivity contribution in [2.45, 2.75) is 19.6 Å². The molecule has 0 heterocycles. The van der Waals surface area contributed by atoms with Crippen LogP contribution in [0.4, 0.5) is 4.39 Å². The smallest absolute Gasteiger partial charge is 0.138 e. The zero-order valence-corrected chi connectivity index (χ0v) is 11.1. The standard InChI is InChI=1S/C11H12BrFSi/c1-14(2,3)7-6-9-4-5-10(12)11(13)8-9/h4-5,8H,1-3H3. The molecule has 0 N–H and O–H groups in total. The Bertz CT molecular complexity index is 396. The molecule has 1 aromatic carbocycles. The monoisotopic (exact) mass is 270 g/mol. The average molecular weight is 271 g/mol. The largest absolute Gasteiger partial charge is 0.206 e. The molecule has 0 aromatic heterocycles. The summed E-state index contributed by atoms with van der Waals surface area (Å²) in [6, 6.07) is 4.96. The van der Waals surface area contributed by atoms with E-state index in [1.54, 1.807) is 6.07 Å². The van der Waals surface area contributed by atoms with E-state index < -0.39 is 8.07 Å². The summed E-state index contributed by atoms with van der Waals surface area (Å²) in [5.74, 6) is 2.75. The first-order valence-electron chi connectivity index (χ1n) is 4.37. The van der Waals surface area contributed by atoms with Gasteiger partial charge in [-0.2, -0.15) is 0 Å². The third kappa shape index (κ3) is 3.65. The van der Waals surface area contributed by atoms with Gasteiger partial charge in [-0.15, -0.1) is 5.54 Å². The highest BCUT2D eigenvalue weighted by Gasteiger charge is 2.07. The summed E-state index contributed by atoms with van der Waals surface area (Å²) in [6.45, 7) is 6.49. The average Bonchev–Trinajstić information content (AvgIpc) is 2.06. The molecular weight excluding hydrogens is 259 g/mol. The summed E-state index contributed by atoms with van der Waals surface area (Å²) in [5.41, 5.74) is 3.94. The molecule has 0 amide bonds. The Labute approximate surface area is 93.7 Å². The zero-order valence-electron chi connectivity index (χ0n) is 8.49. The molecule has 0 saturated carbocycles. The molecule has 0 spiro atoms. The van der Waals surface area contributed by atoms with Crippen LogP contribution in [-0.2, 0) is 0 Å². The van der Waals surface area contributed by atoms with Crippen LogP contribution in [0.25, 0.3) is 0 Å². The SMILES string of the molecule is C[Si](C)(C)C#Cc1ccc(Br)c(F)c1. The van der Waals surface area contributed by atoms with Gasteiger partial charge in [-0.05, 0) is 34.1 Å². The van der Waals surface area contributed by atoms with Gasteiger partial charge in [0.15, 0.2) is 0 Å². The summed E-state index contributed by atoms with van der Waals surface area (Å²) in [6.07, 6.45) is 0. The minimum atomic E-state index is -1.37. The molecular formula is C11H12BrFSi. The second-order valence-corrected chi connectivity index (χ2v) is 9.73. The lowest BCUT2D eigenvalue weighted by atomic mass is 10.2. The van der Waals surface area contributed by atoms with Gasteiger partial charge >= 0.3 is 0 Å². The quantitative estimate of drug-likeness (QED) is 0.497. The van der Waals surface area contributed by atoms with Gasteiger partial charge in [0.05, 0.1) is 4.47 Å². The van der Waals surface area contributed by atoms with E-state index in [2.05, 4.69) is 47.0 Å². The molecule has 0 aliphatic heterocycles. The Kier molecular flexibility index (Phi) is 3.52. The second-order valence-electron chi connectivity index (χ2n) is 4.13. The van der Waals surface area contributed by atoms with Gasteiger partial charge in [-0.1, -0.05) is 25.6 Å². The minimum absolute atomic E-state index is 0.257. The molecule has 0 aliphatic rings. The van der Waals surface area contributed by atoms with E-state index in [9.17, 15) is 4.39 Å². The fraction of sp³-hybridized carbons (Fsp3) is 0.273. The van der Waals surface area contributed by atoms with Crippen molar-refractivity contribution in [3.63, 3.8) is 0 Å². The maximum atomic E-state index is 13.1. The van der Waals surface area contributed by atoms with Crippen molar-refractivity contribution in [3.8, 4) is 11.5 Å². The van der Waals surface area contributed by atoms with Crippen LogP contribution in [0, 0.1) is 17.3 Å². The molecule has 0 fully saturated rings. The van der Waals surface area contributed by atoms with Crippen molar-refractivity contribution in [2.24, 2.45) is 0 Å². The number of halogens is 2. The summed E-state index contributed by atoms with van der Waals surface area (Å²) in [7, 11) is -1.37. The molecule has 0 aliphatic carbocycles. The summed E-state index contributed by atoms with van der Waals surface area (Å²) in [4.78, 5) is 0. The Balaban J connectivity index is 2.98. The Hall–Kier alpha value is -0.593. The van der Waals surface area contributed by atoms with Crippen molar-refractivity contribution in [3.05, 3.63) is 34.1 Å². The number of rotatable bonds is 0. The first-order valence-corrected chi connectivity index (χ1v) is 8.66. The number of hydrogen-bond acceptors (Lipinski definition) is 0. The maximum absolute atomic E-state index is 13.1.